The van der Waals surface area contributed by atoms with Crippen LogP contribution >= 0.6 is 0 Å². The van der Waals surface area contributed by atoms with Crippen molar-refractivity contribution in [3.8, 4) is 11.5 Å². The van der Waals surface area contributed by atoms with Gasteiger partial charge in [-0.2, -0.15) is 0 Å². The first kappa shape index (κ1) is 10.8. The van der Waals surface area contributed by atoms with Crippen LogP contribution < -0.4 is 15.2 Å². The van der Waals surface area contributed by atoms with E-state index in [-0.39, 0.29) is 13.2 Å². The van der Waals surface area contributed by atoms with Crippen LogP contribution in [0.4, 0.5) is 0 Å². The Morgan fingerprint density at radius 2 is 1.86 bits per heavy atom. The van der Waals surface area contributed by atoms with E-state index < -0.39 is 6.10 Å². The molecule has 4 heteroatoms. The van der Waals surface area contributed by atoms with Crippen molar-refractivity contribution in [2.24, 2.45) is 5.73 Å². The van der Waals surface area contributed by atoms with Crippen molar-refractivity contribution < 1.29 is 14.6 Å². The Morgan fingerprint density at radius 1 is 1.29 bits per heavy atom. The van der Waals surface area contributed by atoms with Crippen molar-refractivity contribution in [3.63, 3.8) is 0 Å². The standard InChI is InChI=1S/C10H15NO3/c1-13-9-2-4-10(5-3-9)14-7-8(12)6-11/h2-5,8,12H,6-7,11H2,1H3/t8-/m0/s1. The van der Waals surface area contributed by atoms with Gasteiger partial charge in [0.05, 0.1) is 7.11 Å². The Kier molecular flexibility index (Phi) is 4.22. The summed E-state index contributed by atoms with van der Waals surface area (Å²) in [7, 11) is 1.61. The topological polar surface area (TPSA) is 64.7 Å². The molecule has 4 nitrogen and oxygen atoms in total. The van der Waals surface area contributed by atoms with E-state index in [1.807, 2.05) is 0 Å². The molecule has 0 radical (unpaired) electrons. The number of benzene rings is 1. The molecule has 0 aliphatic rings. The predicted molar refractivity (Wildman–Crippen MR) is 53.6 cm³/mol. The van der Waals surface area contributed by atoms with Crippen LogP contribution in [0, 0.1) is 0 Å². The summed E-state index contributed by atoms with van der Waals surface area (Å²) in [6.07, 6.45) is -0.614. The maximum atomic E-state index is 9.15. The van der Waals surface area contributed by atoms with E-state index in [1.165, 1.54) is 0 Å². The highest BCUT2D eigenvalue weighted by atomic mass is 16.5. The number of hydrogen-bond acceptors (Lipinski definition) is 4. The molecule has 0 aliphatic carbocycles. The highest BCUT2D eigenvalue weighted by Crippen LogP contribution is 2.16. The van der Waals surface area contributed by atoms with E-state index in [9.17, 15) is 0 Å². The Bertz CT molecular complexity index is 261. The molecule has 0 bridgehead atoms. The van der Waals surface area contributed by atoms with Gasteiger partial charge in [-0.1, -0.05) is 0 Å². The molecule has 0 fully saturated rings. The Hall–Kier alpha value is -1.26. The molecule has 1 aromatic rings. The third-order valence-corrected chi connectivity index (χ3v) is 1.77. The Morgan fingerprint density at radius 3 is 2.36 bits per heavy atom. The maximum Gasteiger partial charge on any atom is 0.119 e. The van der Waals surface area contributed by atoms with Crippen molar-refractivity contribution in [3.05, 3.63) is 24.3 Å². The molecule has 1 aromatic carbocycles. The third kappa shape index (κ3) is 3.24. The molecule has 0 aliphatic heterocycles. The average molecular weight is 197 g/mol. The maximum absolute atomic E-state index is 9.15. The minimum Gasteiger partial charge on any atom is -0.497 e. The first-order chi connectivity index (χ1) is 6.76. The molecular formula is C10H15NO3. The van der Waals surface area contributed by atoms with Gasteiger partial charge in [0, 0.05) is 6.54 Å². The van der Waals surface area contributed by atoms with E-state index in [0.717, 1.165) is 5.75 Å². The fourth-order valence-electron chi connectivity index (χ4n) is 0.932. The molecule has 0 spiro atoms. The van der Waals surface area contributed by atoms with Crippen molar-refractivity contribution >= 4 is 0 Å². The summed E-state index contributed by atoms with van der Waals surface area (Å²) in [6, 6.07) is 7.15. The summed E-state index contributed by atoms with van der Waals surface area (Å²) in [5, 5.41) is 9.15. The van der Waals surface area contributed by atoms with Gasteiger partial charge in [-0.3, -0.25) is 0 Å². The second kappa shape index (κ2) is 5.47. The number of ether oxygens (including phenoxy) is 2. The highest BCUT2D eigenvalue weighted by Gasteiger charge is 2.01. The molecule has 0 aromatic heterocycles. The fraction of sp³-hybridized carbons (Fsp3) is 0.400. The van der Waals surface area contributed by atoms with Gasteiger partial charge in [0.25, 0.3) is 0 Å². The molecular weight excluding hydrogens is 182 g/mol. The summed E-state index contributed by atoms with van der Waals surface area (Å²) in [5.74, 6) is 1.47. The monoisotopic (exact) mass is 197 g/mol. The van der Waals surface area contributed by atoms with Crippen LogP contribution in [0.3, 0.4) is 0 Å². The number of rotatable bonds is 5. The van der Waals surface area contributed by atoms with Gasteiger partial charge in [0.1, 0.15) is 24.2 Å². The van der Waals surface area contributed by atoms with Gasteiger partial charge in [-0.15, -0.1) is 0 Å². The second-order valence-electron chi connectivity index (χ2n) is 2.88. The third-order valence-electron chi connectivity index (χ3n) is 1.77. The SMILES string of the molecule is COc1ccc(OC[C@@H](O)CN)cc1. The molecule has 3 N–H and O–H groups in total. The zero-order valence-corrected chi connectivity index (χ0v) is 8.14. The lowest BCUT2D eigenvalue weighted by molar-refractivity contribution is 0.114. The van der Waals surface area contributed by atoms with Gasteiger partial charge < -0.3 is 20.3 Å². The quantitative estimate of drug-likeness (QED) is 0.716. The van der Waals surface area contributed by atoms with Crippen LogP contribution in [0.2, 0.25) is 0 Å². The number of aliphatic hydroxyl groups is 1. The Labute approximate surface area is 83.3 Å². The van der Waals surface area contributed by atoms with Crippen molar-refractivity contribution in [2.45, 2.75) is 6.10 Å². The average Bonchev–Trinajstić information content (AvgIpc) is 2.26. The zero-order chi connectivity index (χ0) is 10.4. The summed E-state index contributed by atoms with van der Waals surface area (Å²) >= 11 is 0. The molecule has 0 saturated carbocycles. The minimum absolute atomic E-state index is 0.205. The minimum atomic E-state index is -0.614. The van der Waals surface area contributed by atoms with E-state index in [2.05, 4.69) is 0 Å². The molecule has 0 saturated heterocycles. The van der Waals surface area contributed by atoms with Gasteiger partial charge in [0.2, 0.25) is 0 Å². The molecule has 1 rings (SSSR count). The van der Waals surface area contributed by atoms with E-state index in [1.54, 1.807) is 31.4 Å². The highest BCUT2D eigenvalue weighted by molar-refractivity contribution is 5.31. The molecule has 0 amide bonds. The van der Waals surface area contributed by atoms with Crippen LogP contribution in [0.25, 0.3) is 0 Å². The van der Waals surface area contributed by atoms with Crippen LogP contribution in [0.5, 0.6) is 11.5 Å². The lowest BCUT2D eigenvalue weighted by Gasteiger charge is -2.10. The van der Waals surface area contributed by atoms with E-state index in [4.69, 9.17) is 20.3 Å². The lowest BCUT2D eigenvalue weighted by Crippen LogP contribution is -2.26. The number of nitrogens with two attached hydrogens (primary N) is 1. The van der Waals surface area contributed by atoms with Gasteiger partial charge in [-0.25, -0.2) is 0 Å². The van der Waals surface area contributed by atoms with Crippen LogP contribution in [0.1, 0.15) is 0 Å². The number of aliphatic hydroxyl groups excluding tert-OH is 1. The van der Waals surface area contributed by atoms with Crippen molar-refractivity contribution in [1.82, 2.24) is 0 Å². The van der Waals surface area contributed by atoms with Crippen LogP contribution in [0.15, 0.2) is 24.3 Å². The summed E-state index contributed by atoms with van der Waals surface area (Å²) in [6.45, 7) is 0.416. The molecule has 78 valence electrons. The van der Waals surface area contributed by atoms with Gasteiger partial charge >= 0.3 is 0 Å². The second-order valence-corrected chi connectivity index (χ2v) is 2.88. The number of methoxy groups -OCH3 is 1. The Balaban J connectivity index is 2.43. The first-order valence-corrected chi connectivity index (χ1v) is 4.41. The van der Waals surface area contributed by atoms with Crippen molar-refractivity contribution in [1.29, 1.82) is 0 Å². The van der Waals surface area contributed by atoms with E-state index >= 15 is 0 Å². The molecule has 14 heavy (non-hydrogen) atoms. The largest absolute Gasteiger partial charge is 0.497 e. The molecule has 0 unspecified atom stereocenters. The summed E-state index contributed by atoms with van der Waals surface area (Å²) < 4.78 is 10.3. The first-order valence-electron chi connectivity index (χ1n) is 4.41. The van der Waals surface area contributed by atoms with Crippen molar-refractivity contribution in [2.75, 3.05) is 20.3 Å². The molecule has 0 heterocycles. The number of hydrogen-bond donors (Lipinski definition) is 2. The van der Waals surface area contributed by atoms with Gasteiger partial charge in [0.15, 0.2) is 0 Å². The zero-order valence-electron chi connectivity index (χ0n) is 8.14. The summed E-state index contributed by atoms with van der Waals surface area (Å²) in [4.78, 5) is 0. The predicted octanol–water partition coefficient (Wildman–Crippen LogP) is 0.394. The smallest absolute Gasteiger partial charge is 0.119 e. The molecule has 1 atom stereocenters. The van der Waals surface area contributed by atoms with Crippen LogP contribution in [-0.4, -0.2) is 31.5 Å². The van der Waals surface area contributed by atoms with E-state index in [0.29, 0.717) is 5.75 Å². The fourth-order valence-corrected chi connectivity index (χ4v) is 0.932. The normalized spacial score (nSPS) is 12.2. The van der Waals surface area contributed by atoms with Crippen LogP contribution in [-0.2, 0) is 0 Å². The lowest BCUT2D eigenvalue weighted by atomic mass is 10.3. The van der Waals surface area contributed by atoms with Gasteiger partial charge in [-0.05, 0) is 24.3 Å². The summed E-state index contributed by atoms with van der Waals surface area (Å²) in [5.41, 5.74) is 5.23.